The van der Waals surface area contributed by atoms with E-state index < -0.39 is 0 Å². The minimum absolute atomic E-state index is 0.480. The highest BCUT2D eigenvalue weighted by Crippen LogP contribution is 2.24. The van der Waals surface area contributed by atoms with Crippen molar-refractivity contribution < 1.29 is 4.74 Å². The number of ether oxygens (including phenoxy) is 1. The molecule has 1 aliphatic heterocycles. The van der Waals surface area contributed by atoms with Crippen molar-refractivity contribution in [1.82, 2.24) is 0 Å². The third-order valence-corrected chi connectivity index (χ3v) is 1.96. The van der Waals surface area contributed by atoms with Gasteiger partial charge < -0.3 is 10.5 Å². The van der Waals surface area contributed by atoms with E-state index in [2.05, 4.69) is 6.07 Å². The van der Waals surface area contributed by atoms with Crippen LogP contribution in [-0.4, -0.2) is 6.54 Å². The molecule has 0 atom stereocenters. The number of benzene rings is 1. The molecule has 0 aliphatic carbocycles. The standard InChI is InChI=1S/C10H11NO/c11-7-9-6-5-8-3-1-2-4-10(8)12-9/h1-4,6H,5,7,11H2. The number of nitrogens with two attached hydrogens (primary N) is 1. The first kappa shape index (κ1) is 7.37. The van der Waals surface area contributed by atoms with Gasteiger partial charge in [0.25, 0.3) is 0 Å². The fraction of sp³-hybridized carbons (Fsp3) is 0.200. The van der Waals surface area contributed by atoms with Crippen LogP contribution in [0, 0.1) is 0 Å². The molecule has 62 valence electrons. The Labute approximate surface area is 71.6 Å². The van der Waals surface area contributed by atoms with E-state index in [4.69, 9.17) is 10.5 Å². The van der Waals surface area contributed by atoms with Crippen molar-refractivity contribution in [1.29, 1.82) is 0 Å². The molecule has 12 heavy (non-hydrogen) atoms. The second-order valence-electron chi connectivity index (χ2n) is 2.79. The van der Waals surface area contributed by atoms with Crippen molar-refractivity contribution in [3.63, 3.8) is 0 Å². The van der Waals surface area contributed by atoms with Gasteiger partial charge in [0.2, 0.25) is 0 Å². The zero-order valence-corrected chi connectivity index (χ0v) is 6.79. The Bertz CT molecular complexity index is 317. The molecule has 2 heteroatoms. The van der Waals surface area contributed by atoms with Gasteiger partial charge in [-0.05, 0) is 24.1 Å². The molecule has 2 nitrogen and oxygen atoms in total. The Hall–Kier alpha value is -1.28. The number of rotatable bonds is 1. The van der Waals surface area contributed by atoms with E-state index in [9.17, 15) is 0 Å². The summed E-state index contributed by atoms with van der Waals surface area (Å²) >= 11 is 0. The maximum atomic E-state index is 5.52. The van der Waals surface area contributed by atoms with Crippen LogP contribution in [0.3, 0.4) is 0 Å². The molecule has 2 N–H and O–H groups in total. The molecule has 0 fully saturated rings. The van der Waals surface area contributed by atoms with Crippen molar-refractivity contribution in [2.24, 2.45) is 5.73 Å². The molecule has 0 saturated heterocycles. The molecule has 1 heterocycles. The average Bonchev–Trinajstić information content (AvgIpc) is 2.17. The van der Waals surface area contributed by atoms with Crippen molar-refractivity contribution in [2.75, 3.05) is 6.54 Å². The number of allylic oxidation sites excluding steroid dienone is 1. The lowest BCUT2D eigenvalue weighted by molar-refractivity contribution is 0.402. The molecular formula is C10H11NO. The van der Waals surface area contributed by atoms with E-state index in [0.717, 1.165) is 17.9 Å². The number of para-hydroxylation sites is 1. The van der Waals surface area contributed by atoms with Gasteiger partial charge in [0.1, 0.15) is 11.5 Å². The van der Waals surface area contributed by atoms with Crippen molar-refractivity contribution in [2.45, 2.75) is 6.42 Å². The van der Waals surface area contributed by atoms with Crippen LogP contribution in [0.2, 0.25) is 0 Å². The maximum absolute atomic E-state index is 5.52. The molecular weight excluding hydrogens is 150 g/mol. The molecule has 0 spiro atoms. The molecule has 0 saturated carbocycles. The van der Waals surface area contributed by atoms with E-state index >= 15 is 0 Å². The molecule has 0 amide bonds. The summed E-state index contributed by atoms with van der Waals surface area (Å²) in [6.45, 7) is 0.480. The maximum Gasteiger partial charge on any atom is 0.130 e. The highest BCUT2D eigenvalue weighted by atomic mass is 16.5. The van der Waals surface area contributed by atoms with Crippen LogP contribution in [0.15, 0.2) is 36.1 Å². The summed E-state index contributed by atoms with van der Waals surface area (Å²) in [5, 5.41) is 0. The summed E-state index contributed by atoms with van der Waals surface area (Å²) in [5.41, 5.74) is 6.70. The van der Waals surface area contributed by atoms with Gasteiger partial charge in [-0.25, -0.2) is 0 Å². The summed E-state index contributed by atoms with van der Waals surface area (Å²) in [5.74, 6) is 1.81. The predicted octanol–water partition coefficient (Wildman–Crippen LogP) is 1.46. The molecule has 1 aliphatic rings. The molecule has 0 radical (unpaired) electrons. The SMILES string of the molecule is NCC1=CCc2ccccc2O1. The van der Waals surface area contributed by atoms with Crippen molar-refractivity contribution >= 4 is 0 Å². The first-order valence-electron chi connectivity index (χ1n) is 4.05. The van der Waals surface area contributed by atoms with Gasteiger partial charge in [0.05, 0.1) is 6.54 Å². The highest BCUT2D eigenvalue weighted by Gasteiger charge is 2.09. The van der Waals surface area contributed by atoms with Gasteiger partial charge >= 0.3 is 0 Å². The quantitative estimate of drug-likeness (QED) is 0.676. The van der Waals surface area contributed by atoms with Gasteiger partial charge in [0.15, 0.2) is 0 Å². The summed E-state index contributed by atoms with van der Waals surface area (Å²) in [7, 11) is 0. The zero-order valence-electron chi connectivity index (χ0n) is 6.79. The minimum Gasteiger partial charge on any atom is -0.460 e. The normalized spacial score (nSPS) is 14.6. The Morgan fingerprint density at radius 2 is 2.17 bits per heavy atom. The van der Waals surface area contributed by atoms with Crippen LogP contribution < -0.4 is 10.5 Å². The summed E-state index contributed by atoms with van der Waals surface area (Å²) in [4.78, 5) is 0. The Morgan fingerprint density at radius 3 is 3.00 bits per heavy atom. The van der Waals surface area contributed by atoms with E-state index in [0.29, 0.717) is 6.54 Å². The second kappa shape index (κ2) is 2.99. The smallest absolute Gasteiger partial charge is 0.130 e. The van der Waals surface area contributed by atoms with Gasteiger partial charge in [-0.1, -0.05) is 18.2 Å². The number of fused-ring (bicyclic) bond motifs is 1. The fourth-order valence-electron chi connectivity index (χ4n) is 1.30. The van der Waals surface area contributed by atoms with Crippen molar-refractivity contribution in [3.8, 4) is 5.75 Å². The Kier molecular flexibility index (Phi) is 1.84. The molecule has 0 unspecified atom stereocenters. The van der Waals surface area contributed by atoms with E-state index in [1.807, 2.05) is 24.3 Å². The second-order valence-corrected chi connectivity index (χ2v) is 2.79. The lowest BCUT2D eigenvalue weighted by Crippen LogP contribution is -2.13. The molecule has 0 bridgehead atoms. The Balaban J connectivity index is 2.31. The third-order valence-electron chi connectivity index (χ3n) is 1.96. The summed E-state index contributed by atoms with van der Waals surface area (Å²) < 4.78 is 5.52. The predicted molar refractivity (Wildman–Crippen MR) is 47.9 cm³/mol. The summed E-state index contributed by atoms with van der Waals surface area (Å²) in [6.07, 6.45) is 2.96. The van der Waals surface area contributed by atoms with Gasteiger partial charge in [-0.2, -0.15) is 0 Å². The minimum atomic E-state index is 0.480. The van der Waals surface area contributed by atoms with Gasteiger partial charge in [0, 0.05) is 0 Å². The van der Waals surface area contributed by atoms with Gasteiger partial charge in [-0.3, -0.25) is 0 Å². The van der Waals surface area contributed by atoms with E-state index in [1.54, 1.807) is 0 Å². The Morgan fingerprint density at radius 1 is 1.33 bits per heavy atom. The lowest BCUT2D eigenvalue weighted by Gasteiger charge is -2.16. The summed E-state index contributed by atoms with van der Waals surface area (Å²) in [6, 6.07) is 8.03. The highest BCUT2D eigenvalue weighted by molar-refractivity contribution is 5.38. The van der Waals surface area contributed by atoms with E-state index in [1.165, 1.54) is 5.56 Å². The first-order valence-corrected chi connectivity index (χ1v) is 4.05. The van der Waals surface area contributed by atoms with Crippen LogP contribution in [0.25, 0.3) is 0 Å². The fourth-order valence-corrected chi connectivity index (χ4v) is 1.30. The lowest BCUT2D eigenvalue weighted by atomic mass is 10.1. The molecule has 1 aromatic rings. The van der Waals surface area contributed by atoms with Crippen LogP contribution in [0.4, 0.5) is 0 Å². The first-order chi connectivity index (χ1) is 5.90. The van der Waals surface area contributed by atoms with Crippen LogP contribution in [0.1, 0.15) is 5.56 Å². The van der Waals surface area contributed by atoms with Crippen LogP contribution >= 0.6 is 0 Å². The zero-order chi connectivity index (χ0) is 8.39. The number of hydrogen-bond acceptors (Lipinski definition) is 2. The topological polar surface area (TPSA) is 35.2 Å². The molecule has 1 aromatic carbocycles. The third kappa shape index (κ3) is 1.21. The molecule has 2 rings (SSSR count). The monoisotopic (exact) mass is 161 g/mol. The van der Waals surface area contributed by atoms with E-state index in [-0.39, 0.29) is 0 Å². The van der Waals surface area contributed by atoms with Crippen molar-refractivity contribution in [3.05, 3.63) is 41.7 Å². The largest absolute Gasteiger partial charge is 0.460 e. The molecule has 0 aromatic heterocycles. The van der Waals surface area contributed by atoms with Crippen LogP contribution in [-0.2, 0) is 6.42 Å². The average molecular weight is 161 g/mol. The number of hydrogen-bond donors (Lipinski definition) is 1. The van der Waals surface area contributed by atoms with Crippen LogP contribution in [0.5, 0.6) is 5.75 Å². The van der Waals surface area contributed by atoms with Gasteiger partial charge in [-0.15, -0.1) is 0 Å².